The van der Waals surface area contributed by atoms with Gasteiger partial charge in [-0.15, -0.1) is 0 Å². The van der Waals surface area contributed by atoms with E-state index < -0.39 is 0 Å². The van der Waals surface area contributed by atoms with Gasteiger partial charge in [0.05, 0.1) is 20.8 Å². The minimum atomic E-state index is -0.135. The first-order chi connectivity index (χ1) is 12.7. The van der Waals surface area contributed by atoms with Crippen molar-refractivity contribution in [2.24, 2.45) is 0 Å². The monoisotopic (exact) mass is 351 g/mol. The second-order valence-electron chi connectivity index (χ2n) is 6.33. The Morgan fingerprint density at radius 1 is 1.12 bits per heavy atom. The predicted octanol–water partition coefficient (Wildman–Crippen LogP) is 3.78. The molecular formula is C20H21N3O3. The molecule has 1 aromatic heterocycles. The van der Waals surface area contributed by atoms with Crippen molar-refractivity contribution in [1.29, 1.82) is 0 Å². The highest BCUT2D eigenvalue weighted by Gasteiger charge is 2.24. The third kappa shape index (κ3) is 2.94. The first-order valence-corrected chi connectivity index (χ1v) is 8.55. The summed E-state index contributed by atoms with van der Waals surface area (Å²) < 4.78 is 10.5. The molecule has 134 valence electrons. The lowest BCUT2D eigenvalue weighted by atomic mass is 10.0. The van der Waals surface area contributed by atoms with E-state index in [1.807, 2.05) is 17.0 Å². The van der Waals surface area contributed by atoms with E-state index in [0.717, 1.165) is 17.6 Å². The molecule has 6 nitrogen and oxygen atoms in total. The predicted molar refractivity (Wildman–Crippen MR) is 101 cm³/mol. The summed E-state index contributed by atoms with van der Waals surface area (Å²) in [5.41, 5.74) is 4.19. The molecule has 1 aliphatic heterocycles. The summed E-state index contributed by atoms with van der Waals surface area (Å²) in [4.78, 5) is 18.0. The van der Waals surface area contributed by atoms with Crippen LogP contribution in [0.4, 0.5) is 10.5 Å². The Kier molecular flexibility index (Phi) is 4.16. The minimum Gasteiger partial charge on any atom is -0.497 e. The van der Waals surface area contributed by atoms with Gasteiger partial charge in [-0.1, -0.05) is 18.2 Å². The zero-order valence-corrected chi connectivity index (χ0v) is 14.8. The van der Waals surface area contributed by atoms with Crippen LogP contribution in [-0.4, -0.2) is 36.7 Å². The summed E-state index contributed by atoms with van der Waals surface area (Å²) in [6, 6.07) is 13.5. The first-order valence-electron chi connectivity index (χ1n) is 8.55. The molecule has 26 heavy (non-hydrogen) atoms. The SMILES string of the molecule is COc1cc(NC(=O)N2CCc3c([nH]c4ccccc34)C2)cc(OC)c1. The van der Waals surface area contributed by atoms with E-state index >= 15 is 0 Å². The van der Waals surface area contributed by atoms with Gasteiger partial charge in [-0.2, -0.15) is 0 Å². The molecule has 2 heterocycles. The van der Waals surface area contributed by atoms with Gasteiger partial charge in [0.25, 0.3) is 0 Å². The first kappa shape index (κ1) is 16.3. The summed E-state index contributed by atoms with van der Waals surface area (Å²) in [5.74, 6) is 1.27. The smallest absolute Gasteiger partial charge is 0.322 e. The minimum absolute atomic E-state index is 0.135. The maximum Gasteiger partial charge on any atom is 0.322 e. The van der Waals surface area contributed by atoms with E-state index in [-0.39, 0.29) is 6.03 Å². The molecule has 2 aromatic carbocycles. The van der Waals surface area contributed by atoms with Crippen LogP contribution in [0, 0.1) is 0 Å². The Bertz CT molecular complexity index is 942. The van der Waals surface area contributed by atoms with E-state index in [4.69, 9.17) is 9.47 Å². The lowest BCUT2D eigenvalue weighted by Crippen LogP contribution is -2.38. The number of anilines is 1. The van der Waals surface area contributed by atoms with Crippen LogP contribution in [0.3, 0.4) is 0 Å². The average molecular weight is 351 g/mol. The van der Waals surface area contributed by atoms with Gasteiger partial charge >= 0.3 is 6.03 Å². The average Bonchev–Trinajstić information content (AvgIpc) is 3.05. The Morgan fingerprint density at radius 2 is 1.85 bits per heavy atom. The van der Waals surface area contributed by atoms with Crippen LogP contribution in [0.2, 0.25) is 0 Å². The number of hydrogen-bond acceptors (Lipinski definition) is 3. The van der Waals surface area contributed by atoms with Gasteiger partial charge in [-0.3, -0.25) is 0 Å². The van der Waals surface area contributed by atoms with E-state index in [2.05, 4.69) is 22.4 Å². The van der Waals surface area contributed by atoms with Crippen LogP contribution in [0.1, 0.15) is 11.3 Å². The molecule has 6 heteroatoms. The Hall–Kier alpha value is -3.15. The van der Waals surface area contributed by atoms with Crippen LogP contribution in [0.25, 0.3) is 10.9 Å². The quantitative estimate of drug-likeness (QED) is 0.755. The lowest BCUT2D eigenvalue weighted by Gasteiger charge is -2.27. The van der Waals surface area contributed by atoms with Crippen LogP contribution in [0.5, 0.6) is 11.5 Å². The molecule has 0 bridgehead atoms. The fourth-order valence-electron chi connectivity index (χ4n) is 3.45. The number of para-hydroxylation sites is 1. The van der Waals surface area contributed by atoms with E-state index in [1.165, 1.54) is 10.9 Å². The number of benzene rings is 2. The largest absolute Gasteiger partial charge is 0.497 e. The Balaban J connectivity index is 1.53. The summed E-state index contributed by atoms with van der Waals surface area (Å²) in [6.45, 7) is 1.25. The molecule has 0 radical (unpaired) electrons. The van der Waals surface area contributed by atoms with Crippen LogP contribution in [-0.2, 0) is 13.0 Å². The van der Waals surface area contributed by atoms with Crippen molar-refractivity contribution in [2.45, 2.75) is 13.0 Å². The number of H-pyrrole nitrogens is 1. The molecular weight excluding hydrogens is 330 g/mol. The van der Waals surface area contributed by atoms with Crippen LogP contribution < -0.4 is 14.8 Å². The summed E-state index contributed by atoms with van der Waals surface area (Å²) in [6.07, 6.45) is 0.841. The second-order valence-corrected chi connectivity index (χ2v) is 6.33. The Labute approximate surface area is 151 Å². The molecule has 0 aliphatic carbocycles. The van der Waals surface area contributed by atoms with Crippen LogP contribution >= 0.6 is 0 Å². The summed E-state index contributed by atoms with van der Waals surface area (Å²) >= 11 is 0. The number of carbonyl (C=O) groups excluding carboxylic acids is 1. The third-order valence-electron chi connectivity index (χ3n) is 4.77. The number of methoxy groups -OCH3 is 2. The molecule has 3 aromatic rings. The number of hydrogen-bond donors (Lipinski definition) is 2. The van der Waals surface area contributed by atoms with E-state index in [9.17, 15) is 4.79 Å². The number of ether oxygens (including phenoxy) is 2. The van der Waals surface area contributed by atoms with Crippen molar-refractivity contribution in [2.75, 3.05) is 26.1 Å². The van der Waals surface area contributed by atoms with Crippen molar-refractivity contribution in [3.8, 4) is 11.5 Å². The lowest BCUT2D eigenvalue weighted by molar-refractivity contribution is 0.206. The van der Waals surface area contributed by atoms with Crippen molar-refractivity contribution < 1.29 is 14.3 Å². The van der Waals surface area contributed by atoms with Gasteiger partial charge in [0.15, 0.2) is 0 Å². The number of aromatic amines is 1. The van der Waals surface area contributed by atoms with Crippen molar-refractivity contribution in [1.82, 2.24) is 9.88 Å². The number of nitrogens with zero attached hydrogens (tertiary/aromatic N) is 1. The maximum atomic E-state index is 12.7. The number of nitrogens with one attached hydrogen (secondary N) is 2. The molecule has 2 amide bonds. The molecule has 0 atom stereocenters. The van der Waals surface area contributed by atoms with E-state index in [0.29, 0.717) is 30.3 Å². The Morgan fingerprint density at radius 3 is 2.58 bits per heavy atom. The number of fused-ring (bicyclic) bond motifs is 3. The molecule has 0 unspecified atom stereocenters. The number of amides is 2. The normalized spacial score (nSPS) is 13.4. The number of urea groups is 1. The van der Waals surface area contributed by atoms with Crippen molar-refractivity contribution >= 4 is 22.6 Å². The molecule has 2 N–H and O–H groups in total. The highest BCUT2D eigenvalue weighted by atomic mass is 16.5. The van der Waals surface area contributed by atoms with Gasteiger partial charge in [-0.25, -0.2) is 4.79 Å². The standard InChI is InChI=1S/C20H21N3O3/c1-25-14-9-13(10-15(11-14)26-2)21-20(24)23-8-7-17-16-5-3-4-6-18(16)22-19(17)12-23/h3-6,9-11,22H,7-8,12H2,1-2H3,(H,21,24). The van der Waals surface area contributed by atoms with Crippen molar-refractivity contribution in [3.05, 3.63) is 53.7 Å². The molecule has 1 aliphatic rings. The summed E-state index contributed by atoms with van der Waals surface area (Å²) in [5, 5.41) is 4.19. The third-order valence-corrected chi connectivity index (χ3v) is 4.77. The highest BCUT2D eigenvalue weighted by Crippen LogP contribution is 2.29. The highest BCUT2D eigenvalue weighted by molar-refractivity contribution is 5.91. The molecule has 0 spiro atoms. The fourth-order valence-corrected chi connectivity index (χ4v) is 3.45. The van der Waals surface area contributed by atoms with E-state index in [1.54, 1.807) is 32.4 Å². The molecule has 0 saturated carbocycles. The molecule has 0 saturated heterocycles. The topological polar surface area (TPSA) is 66.6 Å². The van der Waals surface area contributed by atoms with Gasteiger partial charge in [0.1, 0.15) is 11.5 Å². The number of aromatic nitrogens is 1. The van der Waals surface area contributed by atoms with Gasteiger partial charge in [0, 0.05) is 47.0 Å². The van der Waals surface area contributed by atoms with Gasteiger partial charge in [0.2, 0.25) is 0 Å². The van der Waals surface area contributed by atoms with Crippen molar-refractivity contribution in [3.63, 3.8) is 0 Å². The summed E-state index contributed by atoms with van der Waals surface area (Å²) in [7, 11) is 3.17. The second kappa shape index (κ2) is 6.63. The van der Waals surface area contributed by atoms with Gasteiger partial charge in [-0.05, 0) is 18.1 Å². The number of rotatable bonds is 3. The fraction of sp³-hybridized carbons (Fsp3) is 0.250. The zero-order chi connectivity index (χ0) is 18.1. The molecule has 0 fully saturated rings. The van der Waals surface area contributed by atoms with Crippen LogP contribution in [0.15, 0.2) is 42.5 Å². The number of carbonyl (C=O) groups is 1. The van der Waals surface area contributed by atoms with Gasteiger partial charge < -0.3 is 24.7 Å². The maximum absolute atomic E-state index is 12.7. The molecule has 4 rings (SSSR count). The zero-order valence-electron chi connectivity index (χ0n) is 14.8.